The lowest BCUT2D eigenvalue weighted by molar-refractivity contribution is -0.562. The molecule has 9 heteroatoms. The number of amides is 1. The number of methoxy groups -OCH3 is 1. The minimum atomic E-state index is -3.32. The van der Waals surface area contributed by atoms with Crippen molar-refractivity contribution in [2.45, 2.75) is 65.2 Å². The summed E-state index contributed by atoms with van der Waals surface area (Å²) in [5, 5.41) is 13.3. The number of ether oxygens (including phenoxy) is 1. The van der Waals surface area contributed by atoms with Crippen molar-refractivity contribution < 1.29 is 37.1 Å². The van der Waals surface area contributed by atoms with Crippen LogP contribution in [0.4, 0.5) is 0 Å². The number of esters is 1. The first-order valence-corrected chi connectivity index (χ1v) is 6.14. The fourth-order valence-electron chi connectivity index (χ4n) is 1.37. The van der Waals surface area contributed by atoms with Crippen molar-refractivity contribution in [1.82, 2.24) is 5.32 Å². The molecule has 1 aliphatic heterocycles. The Labute approximate surface area is 176 Å². The molecule has 1 N–H and O–H groups in total. The van der Waals surface area contributed by atoms with Gasteiger partial charge in [0.1, 0.15) is 0 Å². The number of rotatable bonds is 4. The van der Waals surface area contributed by atoms with Crippen LogP contribution < -0.4 is 5.32 Å². The van der Waals surface area contributed by atoms with Gasteiger partial charge in [-0.1, -0.05) is 13.7 Å². The fraction of sp³-hybridized carbons (Fsp3) is 0.867. The average Bonchev–Trinajstić information content (AvgIpc) is 2.65. The van der Waals surface area contributed by atoms with Crippen molar-refractivity contribution >= 4 is 38.9 Å². The van der Waals surface area contributed by atoms with E-state index in [0.29, 0.717) is 0 Å². The van der Waals surface area contributed by atoms with Crippen molar-refractivity contribution in [1.29, 1.82) is 0 Å². The number of hydrogen-bond donors (Lipinski definition) is 1. The second-order valence-corrected chi connectivity index (χ2v) is 5.51. The minimum Gasteiger partial charge on any atom is -0.469 e. The summed E-state index contributed by atoms with van der Waals surface area (Å²) in [6, 6.07) is 0. The molecule has 1 aliphatic rings. The number of nitrogens with zero attached hydrogens (tertiary/aromatic N) is 1. The summed E-state index contributed by atoms with van der Waals surface area (Å²) in [7, 11) is -3.28. The number of hydrogen-bond acceptors (Lipinski definition) is 5. The SMILES string of the molecule is S.S.[2H]C([2H])([2H])OC(=O)[C@@H](C([2H])([2H])[2H])C([2H])([2H])C(C)(C)[N+](=O)[O-].[2H]C([2H])([2H])[C@@H]1C(=O)NC(C)(C)C1([2H])[2H]. The van der Waals surface area contributed by atoms with E-state index in [1.165, 1.54) is 13.8 Å². The van der Waals surface area contributed by atoms with Crippen LogP contribution in [-0.4, -0.2) is 34.9 Å². The molecule has 24 heavy (non-hydrogen) atoms. The van der Waals surface area contributed by atoms with Crippen LogP contribution in [0.3, 0.4) is 0 Å². The molecular weight excluding hydrogens is 352 g/mol. The third-order valence-corrected chi connectivity index (χ3v) is 2.49. The van der Waals surface area contributed by atoms with Crippen LogP contribution in [0.25, 0.3) is 0 Å². The number of carbonyl (C=O) groups is 2. The van der Waals surface area contributed by atoms with Crippen LogP contribution in [0.15, 0.2) is 0 Å². The van der Waals surface area contributed by atoms with Gasteiger partial charge in [0.05, 0.1) is 17.1 Å². The molecule has 0 aromatic heterocycles. The normalized spacial score (nSPS) is 31.8. The molecule has 0 aromatic carbocycles. The van der Waals surface area contributed by atoms with E-state index in [0.717, 1.165) is 13.8 Å². The molecule has 144 valence electrons. The Balaban J connectivity index is -0.000000632. The molecule has 0 radical (unpaired) electrons. The lowest BCUT2D eigenvalue weighted by Gasteiger charge is -2.18. The average molecular weight is 398 g/mol. The fourth-order valence-corrected chi connectivity index (χ4v) is 1.37. The Bertz CT molecular complexity index is 842. The summed E-state index contributed by atoms with van der Waals surface area (Å²) in [5.74, 6) is -6.81. The number of nitro groups is 1. The lowest BCUT2D eigenvalue weighted by Crippen LogP contribution is -2.35. The Kier molecular flexibility index (Phi) is 4.62. The molecule has 0 saturated carbocycles. The Morgan fingerprint density at radius 3 is 2.50 bits per heavy atom. The van der Waals surface area contributed by atoms with E-state index in [1.54, 1.807) is 0 Å². The van der Waals surface area contributed by atoms with Crippen molar-refractivity contribution in [3.05, 3.63) is 10.1 Å². The van der Waals surface area contributed by atoms with Gasteiger partial charge in [-0.2, -0.15) is 27.0 Å². The van der Waals surface area contributed by atoms with Gasteiger partial charge in [-0.15, -0.1) is 0 Å². The monoisotopic (exact) mass is 397 g/mol. The van der Waals surface area contributed by atoms with Crippen molar-refractivity contribution in [2.75, 3.05) is 7.04 Å². The van der Waals surface area contributed by atoms with Gasteiger partial charge in [0.15, 0.2) is 0 Å². The van der Waals surface area contributed by atoms with Gasteiger partial charge < -0.3 is 10.1 Å². The summed E-state index contributed by atoms with van der Waals surface area (Å²) in [5.41, 5.74) is -3.59. The molecule has 0 aromatic rings. The molecule has 2 atom stereocenters. The highest BCUT2D eigenvalue weighted by Gasteiger charge is 2.35. The van der Waals surface area contributed by atoms with Crippen LogP contribution in [0, 0.1) is 22.0 Å². The molecule has 0 spiro atoms. The molecule has 1 fully saturated rings. The van der Waals surface area contributed by atoms with Gasteiger partial charge in [0.2, 0.25) is 11.4 Å². The van der Waals surface area contributed by atoms with Gasteiger partial charge in [0.25, 0.3) is 0 Å². The van der Waals surface area contributed by atoms with E-state index in [1.807, 2.05) is 0 Å². The molecular formula is C15H32N2O5S2. The van der Waals surface area contributed by atoms with E-state index in [-0.39, 0.29) is 27.0 Å². The summed E-state index contributed by atoms with van der Waals surface area (Å²) < 4.78 is 97.8. The molecule has 1 amide bonds. The Morgan fingerprint density at radius 1 is 1.62 bits per heavy atom. The maximum atomic E-state index is 11.7. The molecule has 7 nitrogen and oxygen atoms in total. The van der Waals surface area contributed by atoms with Gasteiger partial charge in [-0.3, -0.25) is 19.7 Å². The van der Waals surface area contributed by atoms with Gasteiger partial charge >= 0.3 is 5.97 Å². The molecule has 1 saturated heterocycles. The zero-order chi connectivity index (χ0) is 28.8. The first kappa shape index (κ1) is 10.3. The van der Waals surface area contributed by atoms with Gasteiger partial charge in [-0.25, -0.2) is 0 Å². The van der Waals surface area contributed by atoms with Gasteiger partial charge in [0, 0.05) is 50.3 Å². The van der Waals surface area contributed by atoms with E-state index in [2.05, 4.69) is 10.1 Å². The highest BCUT2D eigenvalue weighted by molar-refractivity contribution is 7.59. The van der Waals surface area contributed by atoms with Crippen LogP contribution >= 0.6 is 27.0 Å². The number of carbonyl (C=O) groups excluding carboxylic acids is 2. The highest BCUT2D eigenvalue weighted by atomic mass is 32.1. The standard InChI is InChI=1S/C8H15NO4.C7H13NO.2H2S/c1-6(7(10)13-4)5-8(2,3)9(11)12;1-5-4-7(2,3)8-6(5)9;;/h6H,5H2,1-4H3;5H,4H2,1-3H3,(H,8,9);2*1H2/t6-;5-;;/m00../s1/i1D3,4D3,5D2;1D3,4D2;;. The second-order valence-electron chi connectivity index (χ2n) is 5.51. The van der Waals surface area contributed by atoms with Crippen molar-refractivity contribution in [3.63, 3.8) is 0 Å². The maximum absolute atomic E-state index is 11.7. The first-order chi connectivity index (χ1) is 14.9. The summed E-state index contributed by atoms with van der Waals surface area (Å²) in [4.78, 5) is 32.9. The van der Waals surface area contributed by atoms with Gasteiger partial charge in [-0.05, 0) is 20.2 Å². The Morgan fingerprint density at radius 2 is 2.21 bits per heavy atom. The maximum Gasteiger partial charge on any atom is 0.308 e. The minimum absolute atomic E-state index is 0. The van der Waals surface area contributed by atoms with E-state index in [9.17, 15) is 19.7 Å². The quantitative estimate of drug-likeness (QED) is 0.446. The zero-order valence-electron chi connectivity index (χ0n) is 26.6. The van der Waals surface area contributed by atoms with Crippen LogP contribution in [-0.2, 0) is 14.3 Å². The molecule has 0 aliphatic carbocycles. The third kappa shape index (κ3) is 9.36. The third-order valence-electron chi connectivity index (χ3n) is 2.49. The van der Waals surface area contributed by atoms with Crippen molar-refractivity contribution in [3.8, 4) is 0 Å². The predicted molar refractivity (Wildman–Crippen MR) is 104 cm³/mol. The largest absolute Gasteiger partial charge is 0.469 e. The first-order valence-electron chi connectivity index (χ1n) is 12.6. The smallest absolute Gasteiger partial charge is 0.308 e. The summed E-state index contributed by atoms with van der Waals surface area (Å²) >= 11 is 0. The molecule has 0 bridgehead atoms. The molecule has 0 unspecified atom stereocenters. The lowest BCUT2D eigenvalue weighted by atomic mass is 9.92. The van der Waals surface area contributed by atoms with Crippen LogP contribution in [0.5, 0.6) is 0 Å². The van der Waals surface area contributed by atoms with E-state index >= 15 is 0 Å². The topological polar surface area (TPSA) is 98.5 Å². The second kappa shape index (κ2) is 10.8. The van der Waals surface area contributed by atoms with Crippen molar-refractivity contribution in [2.24, 2.45) is 11.8 Å². The van der Waals surface area contributed by atoms with E-state index < -0.39 is 73.2 Å². The summed E-state index contributed by atoms with van der Waals surface area (Å²) in [6.45, 7) is -1.35. The zero-order valence-corrected chi connectivity index (χ0v) is 15.6. The number of nitrogens with one attached hydrogen (secondary N) is 1. The Hall–Kier alpha value is -0.960. The molecule has 1 heterocycles. The van der Waals surface area contributed by atoms with Crippen LogP contribution in [0.2, 0.25) is 0 Å². The summed E-state index contributed by atoms with van der Waals surface area (Å²) in [6.07, 6.45) is -5.24. The van der Waals surface area contributed by atoms with E-state index in [4.69, 9.17) is 17.8 Å². The predicted octanol–water partition coefficient (Wildman–Crippen LogP) is 2.39. The van der Waals surface area contributed by atoms with Crippen LogP contribution in [0.1, 0.15) is 72.0 Å². The highest BCUT2D eigenvalue weighted by Crippen LogP contribution is 2.23. The molecule has 1 rings (SSSR count).